The Morgan fingerprint density at radius 1 is 1.33 bits per heavy atom. The van der Waals surface area contributed by atoms with Gasteiger partial charge in [-0.2, -0.15) is 4.31 Å². The maximum absolute atomic E-state index is 13.0. The van der Waals surface area contributed by atoms with Gasteiger partial charge >= 0.3 is 0 Å². The fourth-order valence-corrected chi connectivity index (χ4v) is 6.98. The van der Waals surface area contributed by atoms with Crippen molar-refractivity contribution in [3.05, 3.63) is 18.2 Å². The van der Waals surface area contributed by atoms with Gasteiger partial charge in [-0.05, 0) is 31.5 Å². The molecular weight excluding hydrogens is 430 g/mol. The zero-order valence-electron chi connectivity index (χ0n) is 16.9. The number of nitrogens with zero attached hydrogens (tertiary/aromatic N) is 2. The second-order valence-corrected chi connectivity index (χ2v) is 11.1. The Hall–Kier alpha value is -1.82. The summed E-state index contributed by atoms with van der Waals surface area (Å²) >= 11 is 1.60. The molecule has 9 nitrogen and oxygen atoms in total. The second kappa shape index (κ2) is 8.03. The van der Waals surface area contributed by atoms with Crippen molar-refractivity contribution in [2.45, 2.75) is 35.6 Å². The van der Waals surface area contributed by atoms with Crippen molar-refractivity contribution >= 4 is 39.3 Å². The zero-order valence-corrected chi connectivity index (χ0v) is 18.6. The van der Waals surface area contributed by atoms with Crippen LogP contribution in [0.3, 0.4) is 0 Å². The van der Waals surface area contributed by atoms with E-state index in [0.717, 1.165) is 6.42 Å². The van der Waals surface area contributed by atoms with Crippen LogP contribution in [0.1, 0.15) is 19.8 Å². The van der Waals surface area contributed by atoms with Crippen molar-refractivity contribution in [2.24, 2.45) is 0 Å². The van der Waals surface area contributed by atoms with Crippen molar-refractivity contribution in [1.82, 2.24) is 9.21 Å². The lowest BCUT2D eigenvalue weighted by Gasteiger charge is -2.30. The molecule has 30 heavy (non-hydrogen) atoms. The first-order chi connectivity index (χ1) is 14.3. The molecule has 3 aliphatic heterocycles. The Labute approximate surface area is 180 Å². The van der Waals surface area contributed by atoms with E-state index >= 15 is 0 Å². The summed E-state index contributed by atoms with van der Waals surface area (Å²) in [6, 6.07) is 3.80. The summed E-state index contributed by atoms with van der Waals surface area (Å²) in [4.78, 5) is 26.7. The number of thioether (sulfide) groups is 1. The predicted molar refractivity (Wildman–Crippen MR) is 112 cm³/mol. The average molecular weight is 456 g/mol. The number of carbonyl (C=O) groups is 2. The summed E-state index contributed by atoms with van der Waals surface area (Å²) in [5.74, 6) is 0.478. The Kier molecular flexibility index (Phi) is 5.73. The molecule has 3 heterocycles. The Morgan fingerprint density at radius 2 is 2.07 bits per heavy atom. The minimum atomic E-state index is -3.72. The molecule has 3 fully saturated rings. The number of anilines is 1. The first kappa shape index (κ1) is 21.4. The number of rotatable bonds is 5. The number of carbonyl (C=O) groups excluding carboxylic acids is 2. The molecule has 0 aromatic heterocycles. The van der Waals surface area contributed by atoms with Crippen molar-refractivity contribution in [1.29, 1.82) is 0 Å². The number of fused-ring (bicyclic) bond motifs is 1. The van der Waals surface area contributed by atoms with Gasteiger partial charge in [-0.25, -0.2) is 8.42 Å². The normalized spacial score (nSPS) is 27.2. The third-order valence-corrected chi connectivity index (χ3v) is 9.18. The molecule has 0 radical (unpaired) electrons. The Balaban J connectivity index is 1.58. The SMILES string of the molecule is COc1ccc(S(=O)(=O)N2CCOCC2)cc1NC(=O)[C@H]1CS[C@@]2(C)CCC(=O)N12. The van der Waals surface area contributed by atoms with Crippen LogP contribution in [0, 0.1) is 0 Å². The third kappa shape index (κ3) is 3.68. The van der Waals surface area contributed by atoms with Gasteiger partial charge in [-0.3, -0.25) is 9.59 Å². The lowest BCUT2D eigenvalue weighted by Crippen LogP contribution is -2.48. The number of hydrogen-bond donors (Lipinski definition) is 1. The van der Waals surface area contributed by atoms with Crippen LogP contribution in [-0.4, -0.2) is 79.5 Å². The van der Waals surface area contributed by atoms with Gasteiger partial charge in [0, 0.05) is 25.3 Å². The van der Waals surface area contributed by atoms with Crippen LogP contribution in [0.5, 0.6) is 5.75 Å². The monoisotopic (exact) mass is 455 g/mol. The topological polar surface area (TPSA) is 105 Å². The molecule has 3 saturated heterocycles. The summed E-state index contributed by atoms with van der Waals surface area (Å²) in [5.41, 5.74) is 0.266. The van der Waals surface area contributed by atoms with Crippen molar-refractivity contribution in [3.8, 4) is 5.75 Å². The van der Waals surface area contributed by atoms with Crippen LogP contribution in [-0.2, 0) is 24.3 Å². The summed E-state index contributed by atoms with van der Waals surface area (Å²) < 4.78 is 37.9. The largest absolute Gasteiger partial charge is 0.495 e. The molecule has 1 N–H and O–H groups in total. The van der Waals surface area contributed by atoms with Crippen molar-refractivity contribution in [3.63, 3.8) is 0 Å². The molecule has 2 amide bonds. The minimum absolute atomic E-state index is 0.0294. The molecule has 1 aromatic carbocycles. The fourth-order valence-electron chi connectivity index (χ4n) is 4.11. The van der Waals surface area contributed by atoms with Crippen molar-refractivity contribution < 1.29 is 27.5 Å². The summed E-state index contributed by atoms with van der Waals surface area (Å²) in [5, 5.41) is 2.79. The number of amides is 2. The maximum atomic E-state index is 13.0. The highest BCUT2D eigenvalue weighted by Crippen LogP contribution is 2.47. The molecule has 0 aliphatic carbocycles. The number of morpholine rings is 1. The van der Waals surface area contributed by atoms with E-state index in [1.165, 1.54) is 29.6 Å². The van der Waals surface area contributed by atoms with Gasteiger partial charge in [0.25, 0.3) is 0 Å². The van der Waals surface area contributed by atoms with Crippen LogP contribution in [0.4, 0.5) is 5.69 Å². The quantitative estimate of drug-likeness (QED) is 0.709. The maximum Gasteiger partial charge on any atom is 0.248 e. The molecule has 0 spiro atoms. The highest BCUT2D eigenvalue weighted by atomic mass is 32.2. The van der Waals surface area contributed by atoms with Gasteiger partial charge in [0.2, 0.25) is 21.8 Å². The molecule has 164 valence electrons. The van der Waals surface area contributed by atoms with Gasteiger partial charge in [-0.15, -0.1) is 11.8 Å². The van der Waals surface area contributed by atoms with E-state index in [1.807, 2.05) is 6.92 Å². The van der Waals surface area contributed by atoms with E-state index in [9.17, 15) is 18.0 Å². The number of methoxy groups -OCH3 is 1. The standard InChI is InChI=1S/C19H25N3O6S2/c1-19-6-5-17(23)22(19)15(12-29-19)18(24)20-14-11-13(3-4-16(14)27-2)30(25,26)21-7-9-28-10-8-21/h3-4,11,15H,5-10,12H2,1-2H3,(H,20,24)/t15-,19+/m1/s1. The van der Waals surface area contributed by atoms with Gasteiger partial charge < -0.3 is 19.7 Å². The number of sulfonamides is 1. The van der Waals surface area contributed by atoms with Crippen LogP contribution >= 0.6 is 11.8 Å². The number of ether oxygens (including phenoxy) is 2. The summed E-state index contributed by atoms with van der Waals surface area (Å²) in [6.07, 6.45) is 1.15. The third-order valence-electron chi connectivity index (χ3n) is 5.78. The van der Waals surface area contributed by atoms with Gasteiger partial charge in [0.15, 0.2) is 0 Å². The Bertz CT molecular complexity index is 963. The van der Waals surface area contributed by atoms with E-state index in [0.29, 0.717) is 31.1 Å². The van der Waals surface area contributed by atoms with Crippen LogP contribution < -0.4 is 10.1 Å². The number of benzene rings is 1. The molecule has 1 aromatic rings. The lowest BCUT2D eigenvalue weighted by molar-refractivity contribution is -0.135. The van der Waals surface area contributed by atoms with E-state index in [-0.39, 0.29) is 40.4 Å². The molecule has 0 bridgehead atoms. The van der Waals surface area contributed by atoms with Crippen LogP contribution in [0.15, 0.2) is 23.1 Å². The minimum Gasteiger partial charge on any atom is -0.495 e. The average Bonchev–Trinajstić information content (AvgIpc) is 3.24. The fraction of sp³-hybridized carbons (Fsp3) is 0.579. The molecule has 3 aliphatic rings. The Morgan fingerprint density at radius 3 is 2.77 bits per heavy atom. The molecule has 0 unspecified atom stereocenters. The van der Waals surface area contributed by atoms with E-state index in [2.05, 4.69) is 5.32 Å². The first-order valence-electron chi connectivity index (χ1n) is 9.79. The summed E-state index contributed by atoms with van der Waals surface area (Å²) in [6.45, 7) is 3.24. The molecule has 0 saturated carbocycles. The van der Waals surface area contributed by atoms with E-state index < -0.39 is 16.1 Å². The van der Waals surface area contributed by atoms with Gasteiger partial charge in [-0.1, -0.05) is 0 Å². The summed E-state index contributed by atoms with van der Waals surface area (Å²) in [7, 11) is -2.27. The van der Waals surface area contributed by atoms with Crippen LogP contribution in [0.25, 0.3) is 0 Å². The highest BCUT2D eigenvalue weighted by molar-refractivity contribution is 8.01. The molecule has 4 rings (SSSR count). The molecule has 2 atom stereocenters. The smallest absolute Gasteiger partial charge is 0.248 e. The predicted octanol–water partition coefficient (Wildman–Crippen LogP) is 1.11. The van der Waals surface area contributed by atoms with Gasteiger partial charge in [0.05, 0.1) is 35.8 Å². The van der Waals surface area contributed by atoms with Gasteiger partial charge in [0.1, 0.15) is 11.8 Å². The highest BCUT2D eigenvalue weighted by Gasteiger charge is 2.53. The number of nitrogens with one attached hydrogen (secondary N) is 1. The molecule has 11 heteroatoms. The number of hydrogen-bond acceptors (Lipinski definition) is 7. The van der Waals surface area contributed by atoms with Crippen LogP contribution in [0.2, 0.25) is 0 Å². The van der Waals surface area contributed by atoms with E-state index in [1.54, 1.807) is 16.7 Å². The lowest BCUT2D eigenvalue weighted by atomic mass is 10.2. The van der Waals surface area contributed by atoms with Crippen molar-refractivity contribution in [2.75, 3.05) is 44.5 Å². The molecular formula is C19H25N3O6S2. The zero-order chi connectivity index (χ0) is 21.5. The first-order valence-corrected chi connectivity index (χ1v) is 12.2. The second-order valence-electron chi connectivity index (χ2n) is 7.63. The van der Waals surface area contributed by atoms with E-state index in [4.69, 9.17) is 9.47 Å².